The number of phenols is 2. The summed E-state index contributed by atoms with van der Waals surface area (Å²) in [7, 11) is 0. The molecule has 0 aliphatic carbocycles. The van der Waals surface area contributed by atoms with E-state index in [1.54, 1.807) is 12.1 Å². The third kappa shape index (κ3) is 4.31. The van der Waals surface area contributed by atoms with E-state index in [-0.39, 0.29) is 11.5 Å². The molecule has 21 heavy (non-hydrogen) atoms. The van der Waals surface area contributed by atoms with Gasteiger partial charge in [0.05, 0.1) is 11.4 Å². The van der Waals surface area contributed by atoms with E-state index < -0.39 is 0 Å². The van der Waals surface area contributed by atoms with Crippen LogP contribution in [0.3, 0.4) is 0 Å². The number of hydrogen-bond donors (Lipinski definition) is 4. The lowest BCUT2D eigenvalue weighted by molar-refractivity contribution is 0.477. The van der Waals surface area contributed by atoms with Crippen molar-refractivity contribution in [2.75, 3.05) is 11.5 Å². The average Bonchev–Trinajstić information content (AvgIpc) is 2.46. The van der Waals surface area contributed by atoms with E-state index >= 15 is 0 Å². The summed E-state index contributed by atoms with van der Waals surface area (Å²) < 4.78 is 0. The summed E-state index contributed by atoms with van der Waals surface area (Å²) in [6, 6.07) is 10.8. The van der Waals surface area contributed by atoms with Gasteiger partial charge in [-0.1, -0.05) is 18.6 Å². The van der Waals surface area contributed by atoms with Gasteiger partial charge in [0, 0.05) is 0 Å². The quantitative estimate of drug-likeness (QED) is 0.373. The number of hydrogen-bond acceptors (Lipinski definition) is 4. The lowest BCUT2D eigenvalue weighted by atomic mass is 10.0. The number of benzene rings is 2. The van der Waals surface area contributed by atoms with Crippen molar-refractivity contribution in [1.82, 2.24) is 0 Å². The first-order valence-corrected chi connectivity index (χ1v) is 7.21. The van der Waals surface area contributed by atoms with Crippen LogP contribution in [0.5, 0.6) is 11.5 Å². The molecule has 0 aliphatic rings. The van der Waals surface area contributed by atoms with Crippen molar-refractivity contribution in [2.45, 2.75) is 32.1 Å². The number of nitrogen functional groups attached to an aromatic ring is 2. The van der Waals surface area contributed by atoms with Crippen LogP contribution in [0.1, 0.15) is 30.4 Å². The molecule has 0 spiro atoms. The number of aryl methyl sites for hydroxylation is 2. The summed E-state index contributed by atoms with van der Waals surface area (Å²) in [6.45, 7) is 0. The minimum absolute atomic E-state index is 0.142. The molecule has 6 N–H and O–H groups in total. The van der Waals surface area contributed by atoms with E-state index in [1.807, 2.05) is 24.3 Å². The zero-order valence-corrected chi connectivity index (χ0v) is 12.0. The Bertz CT molecular complexity index is 558. The fraction of sp³-hybridized carbons (Fsp3) is 0.294. The Hall–Kier alpha value is -2.36. The van der Waals surface area contributed by atoms with Crippen LogP contribution in [0.15, 0.2) is 36.4 Å². The van der Waals surface area contributed by atoms with Gasteiger partial charge in [0.1, 0.15) is 11.5 Å². The Morgan fingerprint density at radius 1 is 0.667 bits per heavy atom. The predicted octanol–water partition coefficient (Wildman–Crippen LogP) is 3.22. The van der Waals surface area contributed by atoms with Crippen molar-refractivity contribution < 1.29 is 10.2 Å². The SMILES string of the molecule is Nc1cc(CCCCCc2ccc(O)c(N)c2)ccc1O. The summed E-state index contributed by atoms with van der Waals surface area (Å²) in [5.41, 5.74) is 14.5. The van der Waals surface area contributed by atoms with E-state index in [0.29, 0.717) is 11.4 Å². The summed E-state index contributed by atoms with van der Waals surface area (Å²) >= 11 is 0. The van der Waals surface area contributed by atoms with Gasteiger partial charge in [-0.25, -0.2) is 0 Å². The number of phenolic OH excluding ortho intramolecular Hbond substituents is 2. The lowest BCUT2D eigenvalue weighted by Crippen LogP contribution is -1.93. The standard InChI is InChI=1S/C17H22N2O2/c18-14-10-12(6-8-16(14)20)4-2-1-3-5-13-7-9-17(21)15(19)11-13/h6-11,20-21H,1-5,18-19H2. The van der Waals surface area contributed by atoms with Crippen molar-refractivity contribution in [3.8, 4) is 11.5 Å². The molecule has 4 nitrogen and oxygen atoms in total. The fourth-order valence-corrected chi connectivity index (χ4v) is 2.35. The van der Waals surface area contributed by atoms with Crippen molar-refractivity contribution in [1.29, 1.82) is 0 Å². The number of anilines is 2. The van der Waals surface area contributed by atoms with Gasteiger partial charge >= 0.3 is 0 Å². The molecule has 0 radical (unpaired) electrons. The Morgan fingerprint density at radius 3 is 1.48 bits per heavy atom. The summed E-state index contributed by atoms with van der Waals surface area (Å²) in [6.07, 6.45) is 5.20. The molecule has 112 valence electrons. The highest BCUT2D eigenvalue weighted by molar-refractivity contribution is 5.53. The van der Waals surface area contributed by atoms with E-state index in [9.17, 15) is 10.2 Å². The molecule has 0 heterocycles. The summed E-state index contributed by atoms with van der Waals surface area (Å²) in [5.74, 6) is 0.285. The second kappa shape index (κ2) is 6.88. The molecule has 0 aromatic heterocycles. The maximum Gasteiger partial charge on any atom is 0.138 e. The van der Waals surface area contributed by atoms with Crippen LogP contribution >= 0.6 is 0 Å². The Labute approximate surface area is 125 Å². The third-order valence-electron chi connectivity index (χ3n) is 3.61. The second-order valence-electron chi connectivity index (χ2n) is 5.35. The summed E-state index contributed by atoms with van der Waals surface area (Å²) in [4.78, 5) is 0. The van der Waals surface area contributed by atoms with Gasteiger partial charge in [-0.05, 0) is 61.1 Å². The van der Waals surface area contributed by atoms with E-state index in [4.69, 9.17) is 11.5 Å². The minimum atomic E-state index is 0.142. The van der Waals surface area contributed by atoms with Gasteiger partial charge in [-0.15, -0.1) is 0 Å². The van der Waals surface area contributed by atoms with Gasteiger partial charge in [0.25, 0.3) is 0 Å². The van der Waals surface area contributed by atoms with Crippen LogP contribution < -0.4 is 11.5 Å². The molecular formula is C17H22N2O2. The van der Waals surface area contributed by atoms with Crippen LogP contribution in [0.25, 0.3) is 0 Å². The molecule has 2 aromatic carbocycles. The molecule has 0 unspecified atom stereocenters. The van der Waals surface area contributed by atoms with Gasteiger partial charge in [-0.3, -0.25) is 0 Å². The van der Waals surface area contributed by atoms with Gasteiger partial charge in [-0.2, -0.15) is 0 Å². The largest absolute Gasteiger partial charge is 0.506 e. The lowest BCUT2D eigenvalue weighted by Gasteiger charge is -2.06. The molecule has 0 fully saturated rings. The van der Waals surface area contributed by atoms with Crippen LogP contribution in [0.2, 0.25) is 0 Å². The predicted molar refractivity (Wildman–Crippen MR) is 86.3 cm³/mol. The van der Waals surface area contributed by atoms with Crippen LogP contribution in [-0.2, 0) is 12.8 Å². The van der Waals surface area contributed by atoms with Gasteiger partial charge in [0.2, 0.25) is 0 Å². The van der Waals surface area contributed by atoms with Crippen molar-refractivity contribution in [3.63, 3.8) is 0 Å². The first kappa shape index (κ1) is 15.0. The first-order valence-electron chi connectivity index (χ1n) is 7.21. The van der Waals surface area contributed by atoms with Crippen molar-refractivity contribution in [3.05, 3.63) is 47.5 Å². The maximum atomic E-state index is 9.37. The number of rotatable bonds is 6. The molecule has 0 aliphatic heterocycles. The molecule has 2 aromatic rings. The maximum absolute atomic E-state index is 9.37. The number of nitrogens with two attached hydrogens (primary N) is 2. The molecule has 0 atom stereocenters. The first-order chi connectivity index (χ1) is 10.1. The minimum Gasteiger partial charge on any atom is -0.506 e. The third-order valence-corrected chi connectivity index (χ3v) is 3.61. The number of unbranched alkanes of at least 4 members (excludes halogenated alkanes) is 2. The highest BCUT2D eigenvalue weighted by atomic mass is 16.3. The van der Waals surface area contributed by atoms with E-state index in [1.165, 1.54) is 0 Å². The summed E-state index contributed by atoms with van der Waals surface area (Å²) in [5, 5.41) is 18.7. The van der Waals surface area contributed by atoms with E-state index in [0.717, 1.165) is 43.2 Å². The zero-order valence-electron chi connectivity index (χ0n) is 12.0. The Balaban J connectivity index is 1.72. The normalized spacial score (nSPS) is 10.7. The highest BCUT2D eigenvalue weighted by Crippen LogP contribution is 2.23. The zero-order chi connectivity index (χ0) is 15.2. The van der Waals surface area contributed by atoms with E-state index in [2.05, 4.69) is 0 Å². The highest BCUT2D eigenvalue weighted by Gasteiger charge is 2.01. The Morgan fingerprint density at radius 2 is 1.10 bits per heavy atom. The molecular weight excluding hydrogens is 264 g/mol. The topological polar surface area (TPSA) is 92.5 Å². The molecule has 2 rings (SSSR count). The van der Waals surface area contributed by atoms with Crippen molar-refractivity contribution in [2.24, 2.45) is 0 Å². The van der Waals surface area contributed by atoms with Crippen LogP contribution in [0, 0.1) is 0 Å². The molecule has 0 bridgehead atoms. The van der Waals surface area contributed by atoms with Gasteiger partial charge < -0.3 is 21.7 Å². The average molecular weight is 286 g/mol. The molecule has 0 amide bonds. The van der Waals surface area contributed by atoms with Crippen LogP contribution in [-0.4, -0.2) is 10.2 Å². The second-order valence-corrected chi connectivity index (χ2v) is 5.35. The monoisotopic (exact) mass is 286 g/mol. The Kier molecular flexibility index (Phi) is 4.93. The van der Waals surface area contributed by atoms with Crippen LogP contribution in [0.4, 0.5) is 11.4 Å². The van der Waals surface area contributed by atoms with Crippen molar-refractivity contribution >= 4 is 11.4 Å². The number of aromatic hydroxyl groups is 2. The smallest absolute Gasteiger partial charge is 0.138 e. The molecule has 0 saturated carbocycles. The fourth-order valence-electron chi connectivity index (χ4n) is 2.35. The molecule has 4 heteroatoms. The molecule has 0 saturated heterocycles. The van der Waals surface area contributed by atoms with Gasteiger partial charge in [0.15, 0.2) is 0 Å².